The normalized spacial score (nSPS) is 11.7. The largest absolute Gasteiger partial charge is 0.744 e. The highest BCUT2D eigenvalue weighted by molar-refractivity contribution is 7.97. The van der Waals surface area contributed by atoms with E-state index in [0.717, 1.165) is 48.9 Å². The quantitative estimate of drug-likeness (QED) is 0.0948. The van der Waals surface area contributed by atoms with Gasteiger partial charge in [0.25, 0.3) is 0 Å². The molecule has 0 N–H and O–H groups in total. The Kier molecular flexibility index (Phi) is 13.2. The number of ether oxygens (including phenoxy) is 3. The average Bonchev–Trinajstić information content (AvgIpc) is 3.14. The summed E-state index contributed by atoms with van der Waals surface area (Å²) in [5.41, 5.74) is 2.44. The number of benzene rings is 4. The number of hydrogen-bond acceptors (Lipinski definition) is 8. The Morgan fingerprint density at radius 3 is 1.41 bits per heavy atom. The molecule has 0 amide bonds. The maximum Gasteiger partial charge on any atom is 0.170 e. The van der Waals surface area contributed by atoms with Crippen LogP contribution in [0.5, 0.6) is 17.2 Å². The van der Waals surface area contributed by atoms with Gasteiger partial charge in [0.05, 0.1) is 27.2 Å². The van der Waals surface area contributed by atoms with Crippen LogP contribution in [-0.2, 0) is 39.6 Å². The molecule has 0 bridgehead atoms. The zero-order chi connectivity index (χ0) is 38.8. The van der Waals surface area contributed by atoms with E-state index in [4.69, 9.17) is 14.2 Å². The highest BCUT2D eigenvalue weighted by Gasteiger charge is 2.31. The van der Waals surface area contributed by atoms with Crippen LogP contribution >= 0.6 is 0 Å². The van der Waals surface area contributed by atoms with Crippen molar-refractivity contribution >= 4 is 21.0 Å². The number of pyridine rings is 2. The minimum absolute atomic E-state index is 0.0365. The maximum atomic E-state index is 10.6. The fourth-order valence-electron chi connectivity index (χ4n) is 5.21. The highest BCUT2D eigenvalue weighted by atomic mass is 32.2. The van der Waals surface area contributed by atoms with Crippen LogP contribution in [0.2, 0.25) is 0 Å². The van der Waals surface area contributed by atoms with Gasteiger partial charge in [-0.05, 0) is 105 Å². The zero-order valence-corrected chi connectivity index (χ0v) is 33.1. The fourth-order valence-corrected chi connectivity index (χ4v) is 7.84. The van der Waals surface area contributed by atoms with Gasteiger partial charge in [-0.2, -0.15) is 0 Å². The molecule has 0 radical (unpaired) electrons. The Labute approximate surface area is 322 Å². The molecule has 2 heterocycles. The minimum Gasteiger partial charge on any atom is -0.744 e. The summed E-state index contributed by atoms with van der Waals surface area (Å²) in [5.74, 6) is 2.43. The van der Waals surface area contributed by atoms with Crippen molar-refractivity contribution in [2.75, 3.05) is 0 Å². The van der Waals surface area contributed by atoms with Crippen molar-refractivity contribution in [2.24, 2.45) is 0 Å². The lowest BCUT2D eigenvalue weighted by molar-refractivity contribution is 0.130. The van der Waals surface area contributed by atoms with Crippen molar-refractivity contribution in [1.82, 2.24) is 9.97 Å². The first-order valence-electron chi connectivity index (χ1n) is 17.5. The van der Waals surface area contributed by atoms with Gasteiger partial charge in [-0.15, -0.1) is 0 Å². The predicted octanol–water partition coefficient (Wildman–Crippen LogP) is 9.80. The van der Waals surface area contributed by atoms with E-state index in [1.165, 1.54) is 12.1 Å². The molecular formula is C44H46N2O6S2. The van der Waals surface area contributed by atoms with Crippen molar-refractivity contribution in [1.29, 1.82) is 0 Å². The number of nitrogens with zero attached hydrogens (tertiary/aromatic N) is 2. The molecule has 0 aliphatic rings. The first-order valence-corrected chi connectivity index (χ1v) is 20.1. The van der Waals surface area contributed by atoms with Crippen LogP contribution in [0.3, 0.4) is 0 Å². The van der Waals surface area contributed by atoms with Crippen molar-refractivity contribution in [2.45, 2.75) is 85.4 Å². The van der Waals surface area contributed by atoms with Gasteiger partial charge < -0.3 is 18.8 Å². The molecule has 6 rings (SSSR count). The molecule has 54 heavy (non-hydrogen) atoms. The Morgan fingerprint density at radius 1 is 0.574 bits per heavy atom. The summed E-state index contributed by atoms with van der Waals surface area (Å²) in [7, 11) is -4.76. The second-order valence-electron chi connectivity index (χ2n) is 14.4. The zero-order valence-electron chi connectivity index (χ0n) is 31.4. The third-order valence-corrected chi connectivity index (χ3v) is 10.8. The molecule has 0 unspecified atom stereocenters. The van der Waals surface area contributed by atoms with Gasteiger partial charge in [0.1, 0.15) is 46.2 Å². The molecule has 4 aromatic carbocycles. The number of hydrogen-bond donors (Lipinski definition) is 0. The smallest absolute Gasteiger partial charge is 0.170 e. The van der Waals surface area contributed by atoms with Gasteiger partial charge in [0.15, 0.2) is 14.7 Å². The number of rotatable bonds is 11. The molecule has 6 aromatic rings. The van der Waals surface area contributed by atoms with Crippen LogP contribution in [0.25, 0.3) is 0 Å². The molecule has 0 fully saturated rings. The van der Waals surface area contributed by atoms with E-state index in [0.29, 0.717) is 13.2 Å². The average molecular weight is 763 g/mol. The third kappa shape index (κ3) is 12.2. The van der Waals surface area contributed by atoms with E-state index >= 15 is 0 Å². The third-order valence-electron chi connectivity index (χ3n) is 7.78. The topological polar surface area (TPSA) is 111 Å². The van der Waals surface area contributed by atoms with Gasteiger partial charge in [0, 0.05) is 30.6 Å². The molecule has 10 heteroatoms. The fraction of sp³-hybridized carbons (Fsp3) is 0.227. The molecule has 0 saturated carbocycles. The van der Waals surface area contributed by atoms with E-state index in [9.17, 15) is 13.0 Å². The first-order chi connectivity index (χ1) is 25.6. The van der Waals surface area contributed by atoms with E-state index in [1.54, 1.807) is 24.5 Å². The summed E-state index contributed by atoms with van der Waals surface area (Å²) in [4.78, 5) is 12.0. The number of aromatic nitrogens is 2. The summed E-state index contributed by atoms with van der Waals surface area (Å²) in [6.45, 7) is 13.1. The SMILES string of the molecule is CC(C)(C)Oc1cccc([S+](c2cccc(OCc3ccccn3)c2)c2cccc(OCc3ccccn3)c2)c1.CC(C)(C)c1ccc(S(=O)(=O)[O-])cc1. The highest BCUT2D eigenvalue weighted by Crippen LogP contribution is 2.36. The predicted molar refractivity (Wildman–Crippen MR) is 212 cm³/mol. The van der Waals surface area contributed by atoms with Crippen LogP contribution in [-0.4, -0.2) is 28.5 Å². The van der Waals surface area contributed by atoms with E-state index < -0.39 is 21.0 Å². The first kappa shape index (κ1) is 40.0. The van der Waals surface area contributed by atoms with Gasteiger partial charge in [-0.3, -0.25) is 9.97 Å². The Bertz CT molecular complexity index is 2110. The molecule has 2 aromatic heterocycles. The summed E-state index contributed by atoms with van der Waals surface area (Å²) in [6.07, 6.45) is 3.56. The molecule has 8 nitrogen and oxygen atoms in total. The van der Waals surface area contributed by atoms with Gasteiger partial charge in [-0.1, -0.05) is 63.2 Å². The second kappa shape index (κ2) is 17.8. The Morgan fingerprint density at radius 2 is 1.02 bits per heavy atom. The van der Waals surface area contributed by atoms with Crippen molar-refractivity contribution in [3.05, 3.63) is 163 Å². The van der Waals surface area contributed by atoms with Crippen LogP contribution in [0.1, 0.15) is 58.5 Å². The summed E-state index contributed by atoms with van der Waals surface area (Å²) >= 11 is 0. The van der Waals surface area contributed by atoms with Crippen molar-refractivity contribution in [3.8, 4) is 17.2 Å². The van der Waals surface area contributed by atoms with Crippen LogP contribution < -0.4 is 14.2 Å². The molecule has 0 aliphatic heterocycles. The Hall–Kier alpha value is -5.16. The van der Waals surface area contributed by atoms with Gasteiger partial charge in [0.2, 0.25) is 0 Å². The van der Waals surface area contributed by atoms with Crippen molar-refractivity contribution < 1.29 is 27.2 Å². The second-order valence-corrected chi connectivity index (χ2v) is 17.8. The van der Waals surface area contributed by atoms with E-state index in [2.05, 4.69) is 73.2 Å². The summed E-state index contributed by atoms with van der Waals surface area (Å²) in [5, 5.41) is 0. The summed E-state index contributed by atoms with van der Waals surface area (Å²) < 4.78 is 50.4. The molecule has 0 saturated heterocycles. The molecule has 280 valence electrons. The molecule has 0 atom stereocenters. The summed E-state index contributed by atoms with van der Waals surface area (Å²) in [6, 6.07) is 42.7. The van der Waals surface area contributed by atoms with Crippen LogP contribution in [0.4, 0.5) is 0 Å². The molecule has 0 aliphatic carbocycles. The van der Waals surface area contributed by atoms with E-state index in [-0.39, 0.29) is 15.9 Å². The lowest BCUT2D eigenvalue weighted by Gasteiger charge is -2.21. The van der Waals surface area contributed by atoms with Gasteiger partial charge >= 0.3 is 0 Å². The molecule has 0 spiro atoms. The molecular weight excluding hydrogens is 717 g/mol. The van der Waals surface area contributed by atoms with Crippen molar-refractivity contribution in [3.63, 3.8) is 0 Å². The lowest BCUT2D eigenvalue weighted by Crippen LogP contribution is -2.23. The monoisotopic (exact) mass is 762 g/mol. The van der Waals surface area contributed by atoms with Crippen LogP contribution in [0.15, 0.2) is 165 Å². The van der Waals surface area contributed by atoms with Gasteiger partial charge in [-0.25, -0.2) is 8.42 Å². The standard InChI is InChI=1S/C34H33N2O3S.C10H14O3S/c1-34(2,3)39-30-15-10-18-33(23-30)40(31-16-8-13-28(21-31)37-24-26-11-4-6-19-35-26)32-17-9-14-29(22-32)38-25-27-12-5-7-20-36-27;1-10(2,3)8-4-6-9(7-5-8)14(11,12)13/h4-23H,24-25H2,1-3H3;4-7H,1-3H3,(H,11,12,13)/q+1;/p-1. The Balaban J connectivity index is 0.000000338. The van der Waals surface area contributed by atoms with E-state index in [1.807, 2.05) is 87.5 Å². The van der Waals surface area contributed by atoms with Crippen LogP contribution in [0, 0.1) is 0 Å². The minimum atomic E-state index is -4.32. The maximum absolute atomic E-state index is 10.6. The lowest BCUT2D eigenvalue weighted by atomic mass is 9.87.